The Morgan fingerprint density at radius 3 is 2.41 bits per heavy atom. The van der Waals surface area contributed by atoms with Gasteiger partial charge >= 0.3 is 0 Å². The lowest BCUT2D eigenvalue weighted by molar-refractivity contribution is 0.0164. The molecule has 2 aromatic rings. The summed E-state index contributed by atoms with van der Waals surface area (Å²) in [5, 5.41) is 19.2. The number of aliphatic hydroxyl groups is 1. The van der Waals surface area contributed by atoms with Crippen LogP contribution in [0.1, 0.15) is 30.5 Å². The number of benzene rings is 1. The van der Waals surface area contributed by atoms with Gasteiger partial charge in [-0.3, -0.25) is 9.98 Å². The first kappa shape index (κ1) is 26.1. The second-order valence-electron chi connectivity index (χ2n) is 8.47. The minimum Gasteiger partial charge on any atom is -0.389 e. The molecule has 1 aromatic heterocycles. The number of hydrogen-bond acceptors (Lipinski definition) is 8. The predicted molar refractivity (Wildman–Crippen MR) is 146 cm³/mol. The van der Waals surface area contributed by atoms with E-state index in [2.05, 4.69) is 51.1 Å². The maximum Gasteiger partial charge on any atom is 0.129 e. The fraction of sp³-hybridized carbons (Fsp3) is 0.423. The third kappa shape index (κ3) is 8.36. The van der Waals surface area contributed by atoms with Crippen molar-refractivity contribution in [3.63, 3.8) is 0 Å². The summed E-state index contributed by atoms with van der Waals surface area (Å²) in [5.41, 5.74) is 2.04. The molecule has 182 valence electrons. The van der Waals surface area contributed by atoms with Crippen LogP contribution in [0.2, 0.25) is 0 Å². The largest absolute Gasteiger partial charge is 0.389 e. The van der Waals surface area contributed by atoms with Crippen molar-refractivity contribution in [3.8, 4) is 0 Å². The van der Waals surface area contributed by atoms with Gasteiger partial charge in [0, 0.05) is 31.6 Å². The van der Waals surface area contributed by atoms with Gasteiger partial charge in [0.15, 0.2) is 0 Å². The number of aromatic nitrogens is 1. The normalized spacial score (nSPS) is 17.9. The molecule has 2 saturated heterocycles. The van der Waals surface area contributed by atoms with Gasteiger partial charge < -0.3 is 20.6 Å². The summed E-state index contributed by atoms with van der Waals surface area (Å²) in [6.07, 6.45) is 3.41. The third-order valence-corrected chi connectivity index (χ3v) is 6.60. The van der Waals surface area contributed by atoms with Gasteiger partial charge in [0.1, 0.15) is 5.82 Å². The highest BCUT2D eigenvalue weighted by atomic mass is 32.2. The van der Waals surface area contributed by atoms with Crippen molar-refractivity contribution in [3.05, 3.63) is 65.2 Å². The average molecular weight is 481 g/mol. The number of piperidine rings is 1. The first-order valence-electron chi connectivity index (χ1n) is 11.7. The van der Waals surface area contributed by atoms with E-state index >= 15 is 0 Å². The van der Waals surface area contributed by atoms with Crippen molar-refractivity contribution < 1.29 is 5.11 Å². The van der Waals surface area contributed by atoms with Gasteiger partial charge in [-0.15, -0.1) is 11.8 Å². The molecule has 0 amide bonds. The van der Waals surface area contributed by atoms with E-state index in [-0.39, 0.29) is 0 Å². The molecule has 0 saturated carbocycles. The average Bonchev–Trinajstić information content (AvgIpc) is 2.89. The summed E-state index contributed by atoms with van der Waals surface area (Å²) in [7, 11) is 0. The van der Waals surface area contributed by atoms with Crippen LogP contribution >= 0.6 is 11.8 Å². The Morgan fingerprint density at radius 2 is 1.82 bits per heavy atom. The molecule has 2 aliphatic heterocycles. The summed E-state index contributed by atoms with van der Waals surface area (Å²) in [6, 6.07) is 16.1. The Balaban J connectivity index is 0.000000469. The van der Waals surface area contributed by atoms with E-state index in [1.54, 1.807) is 0 Å². The predicted octanol–water partition coefficient (Wildman–Crippen LogP) is 3.57. The van der Waals surface area contributed by atoms with Gasteiger partial charge in [0.2, 0.25) is 0 Å². The SMILES string of the molecule is C1CNCNC1.C=NCS/C=C(\N=C)c1cccc(N2CCC(O)(Cc3ccccc3)CC2)n1. The molecule has 1 aromatic carbocycles. The molecule has 34 heavy (non-hydrogen) atoms. The molecular weight excluding hydrogens is 444 g/mol. The molecule has 2 aliphatic rings. The molecule has 0 spiro atoms. The Morgan fingerprint density at radius 1 is 1.09 bits per heavy atom. The fourth-order valence-electron chi connectivity index (χ4n) is 4.00. The number of rotatable bonds is 8. The number of pyridine rings is 1. The van der Waals surface area contributed by atoms with Crippen molar-refractivity contribution in [1.29, 1.82) is 0 Å². The molecule has 0 radical (unpaired) electrons. The molecule has 7 nitrogen and oxygen atoms in total. The van der Waals surface area contributed by atoms with Crippen LogP contribution in [0.5, 0.6) is 0 Å². The van der Waals surface area contributed by atoms with Gasteiger partial charge in [0.25, 0.3) is 0 Å². The fourth-order valence-corrected chi connectivity index (χ4v) is 4.53. The van der Waals surface area contributed by atoms with Crippen LogP contribution in [0.4, 0.5) is 5.82 Å². The van der Waals surface area contributed by atoms with Crippen molar-refractivity contribution in [1.82, 2.24) is 15.6 Å². The second kappa shape index (κ2) is 14.0. The molecule has 3 heterocycles. The highest BCUT2D eigenvalue weighted by Crippen LogP contribution is 2.29. The Bertz CT molecular complexity index is 912. The smallest absolute Gasteiger partial charge is 0.129 e. The van der Waals surface area contributed by atoms with Crippen molar-refractivity contribution in [2.45, 2.75) is 31.3 Å². The number of anilines is 1. The van der Waals surface area contributed by atoms with Gasteiger partial charge in [0.05, 0.1) is 22.9 Å². The zero-order valence-electron chi connectivity index (χ0n) is 19.8. The zero-order valence-corrected chi connectivity index (χ0v) is 20.6. The van der Waals surface area contributed by atoms with Gasteiger partial charge in [-0.25, -0.2) is 4.98 Å². The molecule has 0 atom stereocenters. The first-order chi connectivity index (χ1) is 16.6. The molecule has 3 N–H and O–H groups in total. The number of aliphatic imine (C=N–C) groups is 2. The lowest BCUT2D eigenvalue weighted by Crippen LogP contribution is -2.46. The van der Waals surface area contributed by atoms with E-state index < -0.39 is 5.60 Å². The summed E-state index contributed by atoms with van der Waals surface area (Å²) >= 11 is 1.51. The molecule has 8 heteroatoms. The molecular formula is C26H36N6OS. The lowest BCUT2D eigenvalue weighted by Gasteiger charge is -2.39. The summed E-state index contributed by atoms with van der Waals surface area (Å²) < 4.78 is 0. The van der Waals surface area contributed by atoms with Crippen LogP contribution in [0, 0.1) is 0 Å². The van der Waals surface area contributed by atoms with Crippen molar-refractivity contribution in [2.24, 2.45) is 9.98 Å². The van der Waals surface area contributed by atoms with E-state index in [9.17, 15) is 5.11 Å². The Hall–Kier alpha value is -2.52. The van der Waals surface area contributed by atoms with Crippen molar-refractivity contribution in [2.75, 3.05) is 43.6 Å². The minimum absolute atomic E-state index is 0.574. The molecule has 0 aliphatic carbocycles. The van der Waals surface area contributed by atoms with E-state index in [1.165, 1.54) is 36.8 Å². The van der Waals surface area contributed by atoms with Gasteiger partial charge in [-0.1, -0.05) is 36.4 Å². The minimum atomic E-state index is -0.655. The Labute approximate surface area is 207 Å². The zero-order chi connectivity index (χ0) is 24.1. The quantitative estimate of drug-likeness (QED) is 0.396. The third-order valence-electron chi connectivity index (χ3n) is 5.88. The topological polar surface area (TPSA) is 85.1 Å². The van der Waals surface area contributed by atoms with Crippen LogP contribution in [0.3, 0.4) is 0 Å². The van der Waals surface area contributed by atoms with Crippen LogP contribution in [-0.2, 0) is 6.42 Å². The van der Waals surface area contributed by atoms with Crippen LogP contribution in [-0.4, -0.2) is 67.9 Å². The standard InChI is InChI=1S/C22H26N4OS.C4H10N2/c1-23-17-28-16-20(24-2)19-9-6-10-21(25-19)26-13-11-22(27,12-14-26)15-18-7-4-3-5-8-18;1-2-5-4-6-3-1/h3-10,16,27H,1-2,11-15,17H2;5-6H,1-4H2/b20-16-;. The maximum absolute atomic E-state index is 11.0. The van der Waals surface area contributed by atoms with Crippen LogP contribution < -0.4 is 15.5 Å². The number of nitrogens with zero attached hydrogens (tertiary/aromatic N) is 4. The monoisotopic (exact) mass is 480 g/mol. The van der Waals surface area contributed by atoms with Crippen LogP contribution in [0.25, 0.3) is 5.70 Å². The summed E-state index contributed by atoms with van der Waals surface area (Å²) in [6.45, 7) is 12.1. The Kier molecular flexibility index (Phi) is 10.8. The van der Waals surface area contributed by atoms with E-state index in [1.807, 2.05) is 41.8 Å². The molecule has 2 fully saturated rings. The maximum atomic E-state index is 11.0. The van der Waals surface area contributed by atoms with E-state index in [4.69, 9.17) is 4.98 Å². The number of thioether (sulfide) groups is 1. The summed E-state index contributed by atoms with van der Waals surface area (Å²) in [5.74, 6) is 1.48. The van der Waals surface area contributed by atoms with E-state index in [0.717, 1.165) is 49.8 Å². The second-order valence-corrected chi connectivity index (χ2v) is 9.29. The molecule has 0 unspecified atom stereocenters. The summed E-state index contributed by atoms with van der Waals surface area (Å²) in [4.78, 5) is 14.9. The number of hydrogen-bond donors (Lipinski definition) is 3. The molecule has 4 rings (SSSR count). The van der Waals surface area contributed by atoms with Crippen molar-refractivity contribution >= 4 is 36.7 Å². The van der Waals surface area contributed by atoms with E-state index in [0.29, 0.717) is 12.3 Å². The molecule has 0 bridgehead atoms. The van der Waals surface area contributed by atoms with Gasteiger partial charge in [-0.2, -0.15) is 0 Å². The highest BCUT2D eigenvalue weighted by molar-refractivity contribution is 8.02. The number of nitrogens with one attached hydrogen (secondary N) is 2. The lowest BCUT2D eigenvalue weighted by atomic mass is 9.85. The van der Waals surface area contributed by atoms with Crippen LogP contribution in [0.15, 0.2) is 63.9 Å². The highest BCUT2D eigenvalue weighted by Gasteiger charge is 2.32. The van der Waals surface area contributed by atoms with Gasteiger partial charge in [-0.05, 0) is 63.5 Å². The first-order valence-corrected chi connectivity index (χ1v) is 12.8.